The first-order valence-electron chi connectivity index (χ1n) is 8.14. The van der Waals surface area contributed by atoms with E-state index >= 15 is 0 Å². The highest BCUT2D eigenvalue weighted by molar-refractivity contribution is 5.75. The van der Waals surface area contributed by atoms with E-state index in [1.54, 1.807) is 62.8 Å². The van der Waals surface area contributed by atoms with Gasteiger partial charge in [0.05, 0.1) is 19.1 Å². The number of rotatable bonds is 7. The second kappa shape index (κ2) is 8.08. The third kappa shape index (κ3) is 4.18. The van der Waals surface area contributed by atoms with Gasteiger partial charge in [-0.3, -0.25) is 10.1 Å². The van der Waals surface area contributed by atoms with Gasteiger partial charge in [0.15, 0.2) is 0 Å². The molecule has 0 amide bonds. The highest BCUT2D eigenvalue weighted by Crippen LogP contribution is 2.32. The summed E-state index contributed by atoms with van der Waals surface area (Å²) in [5, 5.41) is 17.3. The standard InChI is InChI=1S/C18H18N6O4/c1-27-13-8-6-11(7-9-13)20-17-15(24(25)26)16(19)22-18(23-17)21-12-4-3-5-14(10-12)28-2/h3-10H,1-2H3,(H4,19,20,21,22,23). The molecule has 0 bridgehead atoms. The fourth-order valence-electron chi connectivity index (χ4n) is 2.44. The number of nitro groups is 1. The van der Waals surface area contributed by atoms with E-state index in [0.29, 0.717) is 22.9 Å². The Morgan fingerprint density at radius 3 is 2.32 bits per heavy atom. The Kier molecular flexibility index (Phi) is 5.40. The van der Waals surface area contributed by atoms with Crippen molar-refractivity contribution in [3.05, 3.63) is 58.6 Å². The number of nitrogen functional groups attached to an aromatic ring is 1. The number of nitrogens with two attached hydrogens (primary N) is 1. The van der Waals surface area contributed by atoms with Crippen molar-refractivity contribution < 1.29 is 14.4 Å². The lowest BCUT2D eigenvalue weighted by molar-refractivity contribution is -0.383. The van der Waals surface area contributed by atoms with Crippen molar-refractivity contribution in [3.63, 3.8) is 0 Å². The fourth-order valence-corrected chi connectivity index (χ4v) is 2.44. The molecule has 10 nitrogen and oxygen atoms in total. The number of methoxy groups -OCH3 is 2. The molecule has 0 radical (unpaired) electrons. The number of anilines is 5. The minimum Gasteiger partial charge on any atom is -0.497 e. The Balaban J connectivity index is 1.95. The summed E-state index contributed by atoms with van der Waals surface area (Å²) >= 11 is 0. The molecule has 144 valence electrons. The lowest BCUT2D eigenvalue weighted by Crippen LogP contribution is -2.08. The smallest absolute Gasteiger partial charge is 0.353 e. The number of hydrogen-bond donors (Lipinski definition) is 3. The molecule has 0 unspecified atom stereocenters. The van der Waals surface area contributed by atoms with Crippen molar-refractivity contribution >= 4 is 34.6 Å². The molecule has 0 aliphatic heterocycles. The Bertz CT molecular complexity index is 994. The molecule has 2 aromatic carbocycles. The van der Waals surface area contributed by atoms with Crippen molar-refractivity contribution in [3.8, 4) is 11.5 Å². The third-order valence-electron chi connectivity index (χ3n) is 3.77. The van der Waals surface area contributed by atoms with Gasteiger partial charge in [0, 0.05) is 17.4 Å². The average Bonchev–Trinajstić information content (AvgIpc) is 2.68. The van der Waals surface area contributed by atoms with E-state index in [2.05, 4.69) is 20.6 Å². The number of aromatic nitrogens is 2. The number of benzene rings is 2. The van der Waals surface area contributed by atoms with E-state index in [-0.39, 0.29) is 17.6 Å². The fraction of sp³-hybridized carbons (Fsp3) is 0.111. The van der Waals surface area contributed by atoms with Crippen LogP contribution in [-0.2, 0) is 0 Å². The first kappa shape index (κ1) is 18.7. The second-order valence-corrected chi connectivity index (χ2v) is 5.60. The van der Waals surface area contributed by atoms with E-state index < -0.39 is 10.6 Å². The molecule has 0 fully saturated rings. The minimum absolute atomic E-state index is 0.0342. The van der Waals surface area contributed by atoms with Crippen molar-refractivity contribution in [1.29, 1.82) is 0 Å². The van der Waals surface area contributed by atoms with Gasteiger partial charge in [-0.05, 0) is 36.4 Å². The molecule has 0 spiro atoms. The van der Waals surface area contributed by atoms with Crippen molar-refractivity contribution in [2.24, 2.45) is 0 Å². The van der Waals surface area contributed by atoms with Gasteiger partial charge in [0.1, 0.15) is 11.5 Å². The molecule has 1 heterocycles. The lowest BCUT2D eigenvalue weighted by atomic mass is 10.3. The summed E-state index contributed by atoms with van der Waals surface area (Å²) in [7, 11) is 3.10. The summed E-state index contributed by atoms with van der Waals surface area (Å²) in [6.07, 6.45) is 0. The Morgan fingerprint density at radius 1 is 0.964 bits per heavy atom. The van der Waals surface area contributed by atoms with Gasteiger partial charge >= 0.3 is 5.69 Å². The molecular weight excluding hydrogens is 364 g/mol. The molecule has 3 rings (SSSR count). The number of nitrogens with one attached hydrogen (secondary N) is 2. The maximum absolute atomic E-state index is 11.4. The predicted octanol–water partition coefficient (Wildman–Crippen LogP) is 3.47. The Labute approximate surface area is 160 Å². The van der Waals surface area contributed by atoms with Crippen LogP contribution in [0.1, 0.15) is 0 Å². The van der Waals surface area contributed by atoms with Crippen LogP contribution in [0.25, 0.3) is 0 Å². The maximum Gasteiger partial charge on any atom is 0.353 e. The first-order chi connectivity index (χ1) is 13.5. The van der Waals surface area contributed by atoms with Crippen molar-refractivity contribution in [1.82, 2.24) is 9.97 Å². The third-order valence-corrected chi connectivity index (χ3v) is 3.77. The van der Waals surface area contributed by atoms with E-state index in [4.69, 9.17) is 15.2 Å². The normalized spacial score (nSPS) is 10.2. The highest BCUT2D eigenvalue weighted by Gasteiger charge is 2.23. The molecule has 0 aliphatic carbocycles. The summed E-state index contributed by atoms with van der Waals surface area (Å²) in [6.45, 7) is 0. The van der Waals surface area contributed by atoms with Gasteiger partial charge in [-0.15, -0.1) is 0 Å². The van der Waals surface area contributed by atoms with E-state index in [9.17, 15) is 10.1 Å². The molecule has 28 heavy (non-hydrogen) atoms. The SMILES string of the molecule is COc1ccc(Nc2nc(Nc3cccc(OC)c3)nc(N)c2[N+](=O)[O-])cc1. The average molecular weight is 382 g/mol. The van der Waals surface area contributed by atoms with Crippen molar-refractivity contribution in [2.75, 3.05) is 30.6 Å². The van der Waals surface area contributed by atoms with Crippen LogP contribution in [0.2, 0.25) is 0 Å². The number of nitrogens with zero attached hydrogens (tertiary/aromatic N) is 3. The molecule has 4 N–H and O–H groups in total. The Morgan fingerprint density at radius 2 is 1.68 bits per heavy atom. The van der Waals surface area contributed by atoms with Crippen LogP contribution in [0.4, 0.5) is 34.6 Å². The molecule has 0 aliphatic rings. The van der Waals surface area contributed by atoms with Gasteiger partial charge in [0.25, 0.3) is 0 Å². The molecule has 10 heteroatoms. The van der Waals surface area contributed by atoms with Crippen LogP contribution in [0.5, 0.6) is 11.5 Å². The summed E-state index contributed by atoms with van der Waals surface area (Å²) in [5.74, 6) is 1.10. The van der Waals surface area contributed by atoms with Crippen LogP contribution in [0, 0.1) is 10.1 Å². The number of ether oxygens (including phenoxy) is 2. The molecule has 0 saturated carbocycles. The summed E-state index contributed by atoms with van der Waals surface area (Å²) < 4.78 is 10.3. The van der Waals surface area contributed by atoms with Crippen molar-refractivity contribution in [2.45, 2.75) is 0 Å². The largest absolute Gasteiger partial charge is 0.497 e. The maximum atomic E-state index is 11.4. The van der Waals surface area contributed by atoms with Gasteiger partial charge in [-0.2, -0.15) is 9.97 Å². The zero-order chi connectivity index (χ0) is 20.1. The zero-order valence-electron chi connectivity index (χ0n) is 15.2. The molecule has 3 aromatic rings. The van der Waals surface area contributed by atoms with Crippen LogP contribution in [-0.4, -0.2) is 29.1 Å². The summed E-state index contributed by atoms with van der Waals surface area (Å²) in [4.78, 5) is 19.0. The van der Waals surface area contributed by atoms with Crippen LogP contribution in [0.3, 0.4) is 0 Å². The van der Waals surface area contributed by atoms with Gasteiger partial charge < -0.3 is 25.8 Å². The Hall–Kier alpha value is -4.08. The van der Waals surface area contributed by atoms with E-state index in [1.165, 1.54) is 0 Å². The highest BCUT2D eigenvalue weighted by atomic mass is 16.6. The van der Waals surface area contributed by atoms with Gasteiger partial charge in [-0.1, -0.05) is 6.07 Å². The summed E-state index contributed by atoms with van der Waals surface area (Å²) in [6, 6.07) is 13.9. The number of hydrogen-bond acceptors (Lipinski definition) is 9. The van der Waals surface area contributed by atoms with E-state index in [1.807, 2.05) is 0 Å². The molecular formula is C18H18N6O4. The van der Waals surface area contributed by atoms with Gasteiger partial charge in [-0.25, -0.2) is 0 Å². The predicted molar refractivity (Wildman–Crippen MR) is 106 cm³/mol. The quantitative estimate of drug-likeness (QED) is 0.414. The van der Waals surface area contributed by atoms with E-state index in [0.717, 1.165) is 0 Å². The summed E-state index contributed by atoms with van der Waals surface area (Å²) in [5.41, 5.74) is 6.62. The molecule has 0 atom stereocenters. The zero-order valence-corrected chi connectivity index (χ0v) is 15.2. The monoisotopic (exact) mass is 382 g/mol. The molecule has 1 aromatic heterocycles. The van der Waals surface area contributed by atoms with Gasteiger partial charge in [0.2, 0.25) is 17.6 Å². The minimum atomic E-state index is -0.628. The van der Waals surface area contributed by atoms with Crippen LogP contribution < -0.4 is 25.8 Å². The van der Waals surface area contributed by atoms with Crippen LogP contribution >= 0.6 is 0 Å². The first-order valence-corrected chi connectivity index (χ1v) is 8.14. The topological polar surface area (TPSA) is 137 Å². The lowest BCUT2D eigenvalue weighted by Gasteiger charge is -2.11. The molecule has 0 saturated heterocycles. The van der Waals surface area contributed by atoms with Crippen LogP contribution in [0.15, 0.2) is 48.5 Å². The second-order valence-electron chi connectivity index (χ2n) is 5.60.